The highest BCUT2D eigenvalue weighted by Gasteiger charge is 2.25. The van der Waals surface area contributed by atoms with Crippen molar-refractivity contribution in [3.63, 3.8) is 0 Å². The van der Waals surface area contributed by atoms with Gasteiger partial charge in [0.25, 0.3) is 5.91 Å². The van der Waals surface area contributed by atoms with Crippen LogP contribution in [0.2, 0.25) is 0 Å². The first-order chi connectivity index (χ1) is 11.5. The van der Waals surface area contributed by atoms with E-state index >= 15 is 0 Å². The molecule has 0 aliphatic carbocycles. The number of nitrogens with one attached hydrogen (secondary N) is 2. The third-order valence-corrected chi connectivity index (χ3v) is 3.44. The first-order valence-electron chi connectivity index (χ1n) is 7.43. The Morgan fingerprint density at radius 1 is 0.875 bits per heavy atom. The number of aliphatic carboxylic acids is 1. The van der Waals surface area contributed by atoms with E-state index in [1.54, 1.807) is 60.7 Å². The summed E-state index contributed by atoms with van der Waals surface area (Å²) < 4.78 is 0. The molecule has 3 N–H and O–H groups in total. The van der Waals surface area contributed by atoms with Gasteiger partial charge < -0.3 is 15.7 Å². The molecule has 6 heteroatoms. The van der Waals surface area contributed by atoms with Gasteiger partial charge in [-0.15, -0.1) is 0 Å². The van der Waals surface area contributed by atoms with Crippen molar-refractivity contribution < 1.29 is 19.5 Å². The van der Waals surface area contributed by atoms with Crippen LogP contribution in [0.3, 0.4) is 0 Å². The van der Waals surface area contributed by atoms with Gasteiger partial charge >= 0.3 is 5.97 Å². The minimum atomic E-state index is -1.15. The Balaban J connectivity index is 2.22. The number of hydrogen-bond acceptors (Lipinski definition) is 3. The summed E-state index contributed by atoms with van der Waals surface area (Å²) in [6, 6.07) is 15.1. The Morgan fingerprint density at radius 2 is 1.42 bits per heavy atom. The number of benzene rings is 2. The zero-order valence-electron chi connectivity index (χ0n) is 13.1. The zero-order valence-corrected chi connectivity index (χ0v) is 13.1. The molecule has 2 aromatic rings. The van der Waals surface area contributed by atoms with E-state index in [1.165, 1.54) is 6.92 Å². The summed E-state index contributed by atoms with van der Waals surface area (Å²) in [4.78, 5) is 35.7. The fraction of sp³-hybridized carbons (Fsp3) is 0.167. The second-order valence-electron chi connectivity index (χ2n) is 5.25. The molecule has 24 heavy (non-hydrogen) atoms. The molecule has 2 amide bonds. The van der Waals surface area contributed by atoms with Crippen LogP contribution in [0.25, 0.3) is 0 Å². The number of amides is 2. The van der Waals surface area contributed by atoms with E-state index in [-0.39, 0.29) is 0 Å². The molecule has 0 aliphatic rings. The standard InChI is InChI=1S/C18H18N2O4/c1-12(18(23)24)19-17(22)15(13-8-4-2-5-9-13)20-16(21)14-10-6-3-7-11-14/h2-12,15H,1H3,(H,19,22)(H,20,21)(H,23,24)/t12-,15-/m1/s1. The van der Waals surface area contributed by atoms with Crippen molar-refractivity contribution in [1.82, 2.24) is 10.6 Å². The van der Waals surface area contributed by atoms with Gasteiger partial charge in [0.15, 0.2) is 0 Å². The van der Waals surface area contributed by atoms with Crippen LogP contribution in [0.15, 0.2) is 60.7 Å². The molecule has 2 aromatic carbocycles. The molecule has 0 bridgehead atoms. The molecule has 0 saturated carbocycles. The summed E-state index contributed by atoms with van der Waals surface area (Å²) in [5, 5.41) is 14.0. The quantitative estimate of drug-likeness (QED) is 0.753. The van der Waals surface area contributed by atoms with Gasteiger partial charge in [-0.2, -0.15) is 0 Å². The van der Waals surface area contributed by atoms with Gasteiger partial charge in [-0.1, -0.05) is 48.5 Å². The molecule has 0 aromatic heterocycles. The monoisotopic (exact) mass is 326 g/mol. The van der Waals surface area contributed by atoms with Gasteiger partial charge in [-0.05, 0) is 24.6 Å². The van der Waals surface area contributed by atoms with Gasteiger partial charge in [0.1, 0.15) is 12.1 Å². The molecule has 2 atom stereocenters. The number of carboxylic acid groups (broad SMARTS) is 1. The summed E-state index contributed by atoms with van der Waals surface area (Å²) in [6.07, 6.45) is 0. The second-order valence-corrected chi connectivity index (χ2v) is 5.25. The Labute approximate surface area is 139 Å². The van der Waals surface area contributed by atoms with E-state index in [9.17, 15) is 14.4 Å². The summed E-state index contributed by atoms with van der Waals surface area (Å²) in [7, 11) is 0. The lowest BCUT2D eigenvalue weighted by Crippen LogP contribution is -2.46. The van der Waals surface area contributed by atoms with Crippen LogP contribution in [-0.2, 0) is 9.59 Å². The molecule has 0 heterocycles. The Kier molecular flexibility index (Phi) is 5.68. The van der Waals surface area contributed by atoms with Gasteiger partial charge in [0, 0.05) is 5.56 Å². The lowest BCUT2D eigenvalue weighted by Gasteiger charge is -2.20. The van der Waals surface area contributed by atoms with Crippen LogP contribution in [0, 0.1) is 0 Å². The number of carboxylic acids is 1. The van der Waals surface area contributed by atoms with E-state index in [0.29, 0.717) is 11.1 Å². The highest BCUT2D eigenvalue weighted by Crippen LogP contribution is 2.14. The lowest BCUT2D eigenvalue weighted by molar-refractivity contribution is -0.141. The smallest absolute Gasteiger partial charge is 0.325 e. The zero-order chi connectivity index (χ0) is 17.5. The third-order valence-electron chi connectivity index (χ3n) is 3.44. The van der Waals surface area contributed by atoms with Crippen molar-refractivity contribution in [2.45, 2.75) is 19.0 Å². The normalized spacial score (nSPS) is 12.7. The van der Waals surface area contributed by atoms with Crippen LogP contribution in [0.5, 0.6) is 0 Å². The number of carbonyl (C=O) groups excluding carboxylic acids is 2. The molecule has 0 aliphatic heterocycles. The number of hydrogen-bond donors (Lipinski definition) is 3. The van der Waals surface area contributed by atoms with E-state index in [4.69, 9.17) is 5.11 Å². The molecule has 124 valence electrons. The van der Waals surface area contributed by atoms with Gasteiger partial charge in [0.05, 0.1) is 0 Å². The summed E-state index contributed by atoms with van der Waals surface area (Å²) in [6.45, 7) is 1.36. The highest BCUT2D eigenvalue weighted by molar-refractivity contribution is 5.98. The van der Waals surface area contributed by atoms with E-state index in [2.05, 4.69) is 10.6 Å². The van der Waals surface area contributed by atoms with Gasteiger partial charge in [-0.25, -0.2) is 0 Å². The molecule has 6 nitrogen and oxygen atoms in total. The average molecular weight is 326 g/mol. The highest BCUT2D eigenvalue weighted by atomic mass is 16.4. The van der Waals surface area contributed by atoms with Crippen molar-refractivity contribution in [2.75, 3.05) is 0 Å². The van der Waals surface area contributed by atoms with E-state index in [0.717, 1.165) is 0 Å². The minimum absolute atomic E-state index is 0.414. The molecule has 0 unspecified atom stereocenters. The molecule has 0 fully saturated rings. The SMILES string of the molecule is C[C@@H](NC(=O)[C@H](NC(=O)c1ccccc1)c1ccccc1)C(=O)O. The van der Waals surface area contributed by atoms with Crippen LogP contribution in [0.4, 0.5) is 0 Å². The topological polar surface area (TPSA) is 95.5 Å². The van der Waals surface area contributed by atoms with Crippen molar-refractivity contribution in [1.29, 1.82) is 0 Å². The van der Waals surface area contributed by atoms with Crippen LogP contribution < -0.4 is 10.6 Å². The average Bonchev–Trinajstić information content (AvgIpc) is 2.60. The van der Waals surface area contributed by atoms with Crippen molar-refractivity contribution in [3.05, 3.63) is 71.8 Å². The van der Waals surface area contributed by atoms with Crippen LogP contribution in [0.1, 0.15) is 28.9 Å². The van der Waals surface area contributed by atoms with Crippen LogP contribution >= 0.6 is 0 Å². The summed E-state index contributed by atoms with van der Waals surface area (Å²) in [5.74, 6) is -2.15. The fourth-order valence-electron chi connectivity index (χ4n) is 2.11. The van der Waals surface area contributed by atoms with Crippen LogP contribution in [-0.4, -0.2) is 28.9 Å². The molecule has 2 rings (SSSR count). The van der Waals surface area contributed by atoms with Gasteiger partial charge in [-0.3, -0.25) is 14.4 Å². The van der Waals surface area contributed by atoms with E-state index < -0.39 is 29.9 Å². The maximum absolute atomic E-state index is 12.4. The first kappa shape index (κ1) is 17.2. The predicted molar refractivity (Wildman–Crippen MR) is 88.3 cm³/mol. The predicted octanol–water partition coefficient (Wildman–Crippen LogP) is 1.75. The summed E-state index contributed by atoms with van der Waals surface area (Å²) >= 11 is 0. The van der Waals surface area contributed by atoms with Crippen molar-refractivity contribution in [2.24, 2.45) is 0 Å². The maximum Gasteiger partial charge on any atom is 0.325 e. The van der Waals surface area contributed by atoms with E-state index in [1.807, 2.05) is 0 Å². The Morgan fingerprint density at radius 3 is 1.96 bits per heavy atom. The lowest BCUT2D eigenvalue weighted by atomic mass is 10.0. The third kappa shape index (κ3) is 4.42. The first-order valence-corrected chi connectivity index (χ1v) is 7.43. The fourth-order valence-corrected chi connectivity index (χ4v) is 2.11. The van der Waals surface area contributed by atoms with Gasteiger partial charge in [0.2, 0.25) is 5.91 Å². The molecular weight excluding hydrogens is 308 g/mol. The second kappa shape index (κ2) is 7.92. The Hall–Kier alpha value is -3.15. The van der Waals surface area contributed by atoms with Crippen molar-refractivity contribution in [3.8, 4) is 0 Å². The molecular formula is C18H18N2O4. The number of carbonyl (C=O) groups is 3. The molecule has 0 saturated heterocycles. The largest absolute Gasteiger partial charge is 0.480 e. The summed E-state index contributed by atoms with van der Waals surface area (Å²) in [5.41, 5.74) is 0.981. The van der Waals surface area contributed by atoms with Crippen molar-refractivity contribution >= 4 is 17.8 Å². The molecule has 0 spiro atoms. The minimum Gasteiger partial charge on any atom is -0.480 e. The molecule has 0 radical (unpaired) electrons. The Bertz CT molecular complexity index is 716. The maximum atomic E-state index is 12.4. The number of rotatable bonds is 6.